The highest BCUT2D eigenvalue weighted by molar-refractivity contribution is 8.01. The lowest BCUT2D eigenvalue weighted by atomic mass is 9.48. The third-order valence-corrected chi connectivity index (χ3v) is 9.01. The molecule has 5 aliphatic rings. The van der Waals surface area contributed by atoms with Gasteiger partial charge in [-0.2, -0.15) is 0 Å². The molecular weight excluding hydrogens is 364 g/mol. The van der Waals surface area contributed by atoms with Crippen LogP contribution in [0.2, 0.25) is 0 Å². The molecule has 1 amide bonds. The molecule has 1 aromatic heterocycles. The normalized spacial score (nSPS) is 36.1. The Morgan fingerprint density at radius 2 is 1.85 bits per heavy atom. The van der Waals surface area contributed by atoms with E-state index in [0.29, 0.717) is 23.3 Å². The molecule has 6 rings (SSSR count). The van der Waals surface area contributed by atoms with Crippen LogP contribution in [0.25, 0.3) is 0 Å². The number of thioether (sulfide) groups is 1. The number of anilines is 1. The minimum absolute atomic E-state index is 0.144. The zero-order chi connectivity index (χ0) is 17.7. The summed E-state index contributed by atoms with van der Waals surface area (Å²) < 4.78 is 0.880. The van der Waals surface area contributed by atoms with Crippen molar-refractivity contribution in [3.05, 3.63) is 0 Å². The van der Waals surface area contributed by atoms with E-state index in [1.807, 2.05) is 0 Å². The number of amides is 1. The number of hydrogen-bond acceptors (Lipinski definition) is 6. The predicted molar refractivity (Wildman–Crippen MR) is 105 cm³/mol. The molecule has 0 unspecified atom stereocenters. The van der Waals surface area contributed by atoms with Crippen molar-refractivity contribution in [1.29, 1.82) is 0 Å². The summed E-state index contributed by atoms with van der Waals surface area (Å²) in [5.74, 6) is 3.36. The smallest absolute Gasteiger partial charge is 0.230 e. The summed E-state index contributed by atoms with van der Waals surface area (Å²) in [7, 11) is 0. The van der Waals surface area contributed by atoms with Gasteiger partial charge >= 0.3 is 0 Å². The molecule has 1 aromatic rings. The van der Waals surface area contributed by atoms with E-state index >= 15 is 0 Å². The average Bonchev–Trinajstić information content (AvgIpc) is 3.28. The highest BCUT2D eigenvalue weighted by atomic mass is 32.2. The quantitative estimate of drug-likeness (QED) is 0.688. The first kappa shape index (κ1) is 17.3. The van der Waals surface area contributed by atoms with Gasteiger partial charge in [0.1, 0.15) is 0 Å². The van der Waals surface area contributed by atoms with E-state index in [9.17, 15) is 4.79 Å². The molecule has 0 aliphatic heterocycles. The fourth-order valence-corrected chi connectivity index (χ4v) is 7.64. The molecule has 5 fully saturated rings. The van der Waals surface area contributed by atoms with Gasteiger partial charge in [0.15, 0.2) is 4.34 Å². The molecule has 0 saturated heterocycles. The summed E-state index contributed by atoms with van der Waals surface area (Å²) in [6.45, 7) is 2.25. The number of hydrogen-bond donors (Lipinski definition) is 2. The van der Waals surface area contributed by atoms with Crippen molar-refractivity contribution in [1.82, 2.24) is 15.5 Å². The van der Waals surface area contributed by atoms with Crippen molar-refractivity contribution in [2.24, 2.45) is 23.2 Å². The molecule has 2 N–H and O–H groups in total. The molecule has 0 aromatic carbocycles. The lowest BCUT2D eigenvalue weighted by Gasteiger charge is -2.59. The Bertz CT molecular complexity index is 652. The van der Waals surface area contributed by atoms with Gasteiger partial charge in [0.25, 0.3) is 0 Å². The summed E-state index contributed by atoms with van der Waals surface area (Å²) in [6.07, 6.45) is 10.8. The Morgan fingerprint density at radius 3 is 2.46 bits per heavy atom. The molecule has 0 spiro atoms. The third kappa shape index (κ3) is 3.49. The van der Waals surface area contributed by atoms with Crippen molar-refractivity contribution in [3.63, 3.8) is 0 Å². The largest absolute Gasteiger partial charge is 0.357 e. The molecule has 4 bridgehead atoms. The van der Waals surface area contributed by atoms with E-state index in [2.05, 4.69) is 27.8 Å². The molecule has 1 atom stereocenters. The van der Waals surface area contributed by atoms with Crippen LogP contribution in [-0.2, 0) is 4.79 Å². The molecule has 1 heterocycles. The first-order valence-electron chi connectivity index (χ1n) is 10.1. The predicted octanol–water partition coefficient (Wildman–Crippen LogP) is 3.93. The molecule has 7 heteroatoms. The van der Waals surface area contributed by atoms with Crippen LogP contribution in [0.3, 0.4) is 0 Å². The number of carbonyl (C=O) groups excluding carboxylic acids is 1. The minimum atomic E-state index is 0.144. The highest BCUT2D eigenvalue weighted by Gasteiger charge is 2.53. The monoisotopic (exact) mass is 392 g/mol. The molecule has 26 heavy (non-hydrogen) atoms. The van der Waals surface area contributed by atoms with Crippen LogP contribution < -0.4 is 10.6 Å². The van der Waals surface area contributed by atoms with E-state index in [1.54, 1.807) is 11.3 Å². The topological polar surface area (TPSA) is 66.9 Å². The summed E-state index contributed by atoms with van der Waals surface area (Å²) in [5.41, 5.74) is 0.374. The molecular formula is C19H28N4OS2. The van der Waals surface area contributed by atoms with Crippen molar-refractivity contribution in [2.45, 2.75) is 74.7 Å². The third-order valence-electron chi connectivity index (χ3n) is 7.02. The average molecular weight is 393 g/mol. The van der Waals surface area contributed by atoms with Gasteiger partial charge in [0.05, 0.1) is 5.75 Å². The van der Waals surface area contributed by atoms with Crippen LogP contribution in [0, 0.1) is 23.2 Å². The van der Waals surface area contributed by atoms with Crippen LogP contribution in [0.5, 0.6) is 0 Å². The van der Waals surface area contributed by atoms with Gasteiger partial charge in [-0.05, 0) is 81.5 Å². The maximum absolute atomic E-state index is 12.5. The second-order valence-corrected chi connectivity index (χ2v) is 11.3. The lowest BCUT2D eigenvalue weighted by molar-refractivity contribution is -0.123. The van der Waals surface area contributed by atoms with E-state index in [1.165, 1.54) is 63.1 Å². The molecule has 5 nitrogen and oxygen atoms in total. The minimum Gasteiger partial charge on any atom is -0.357 e. The number of nitrogens with one attached hydrogen (secondary N) is 2. The van der Waals surface area contributed by atoms with E-state index in [0.717, 1.165) is 27.2 Å². The maximum atomic E-state index is 12.5. The first-order chi connectivity index (χ1) is 12.6. The Labute approximate surface area is 163 Å². The molecule has 5 saturated carbocycles. The van der Waals surface area contributed by atoms with E-state index in [-0.39, 0.29) is 5.91 Å². The second kappa shape index (κ2) is 6.66. The van der Waals surface area contributed by atoms with Crippen LogP contribution in [0.4, 0.5) is 5.13 Å². The number of aromatic nitrogens is 2. The first-order valence-corrected chi connectivity index (χ1v) is 11.9. The Kier molecular flexibility index (Phi) is 4.43. The molecule has 0 radical (unpaired) electrons. The molecule has 142 valence electrons. The summed E-state index contributed by atoms with van der Waals surface area (Å²) in [4.78, 5) is 12.5. The summed E-state index contributed by atoms with van der Waals surface area (Å²) in [6, 6.07) is 0.885. The standard InChI is InChI=1S/C19H28N4OS2/c1-11(19-7-12-4-13(8-19)6-14(5-12)9-19)20-16(24)10-25-18-23-22-17(26-18)21-15-2-3-15/h11-15H,2-10H2,1H3,(H,20,24)(H,21,22)/t11-,12?,13?,14?,19?/m0/s1. The van der Waals surface area contributed by atoms with Gasteiger partial charge in [0, 0.05) is 12.1 Å². The zero-order valence-corrected chi connectivity index (χ0v) is 17.0. The lowest BCUT2D eigenvalue weighted by Crippen LogP contribution is -2.56. The van der Waals surface area contributed by atoms with Crippen LogP contribution in [0.1, 0.15) is 58.3 Å². The fourth-order valence-electron chi connectivity index (χ4n) is 6.00. The Balaban J connectivity index is 1.13. The molecule has 5 aliphatic carbocycles. The van der Waals surface area contributed by atoms with Crippen molar-refractivity contribution < 1.29 is 4.79 Å². The fraction of sp³-hybridized carbons (Fsp3) is 0.842. The number of rotatable bonds is 7. The maximum Gasteiger partial charge on any atom is 0.230 e. The van der Waals surface area contributed by atoms with Gasteiger partial charge in [-0.15, -0.1) is 10.2 Å². The van der Waals surface area contributed by atoms with Crippen molar-refractivity contribution in [3.8, 4) is 0 Å². The van der Waals surface area contributed by atoms with Crippen molar-refractivity contribution in [2.75, 3.05) is 11.1 Å². The SMILES string of the molecule is C[C@H](NC(=O)CSc1nnc(NC2CC2)s1)C12CC3CC(CC(C3)C1)C2. The van der Waals surface area contributed by atoms with Gasteiger partial charge in [-0.25, -0.2) is 0 Å². The van der Waals surface area contributed by atoms with Crippen LogP contribution >= 0.6 is 23.1 Å². The zero-order valence-electron chi connectivity index (χ0n) is 15.4. The highest BCUT2D eigenvalue weighted by Crippen LogP contribution is 2.61. The number of nitrogens with zero attached hydrogens (tertiary/aromatic N) is 2. The van der Waals surface area contributed by atoms with Crippen molar-refractivity contribution >= 4 is 34.1 Å². The summed E-state index contributed by atoms with van der Waals surface area (Å²) >= 11 is 3.07. The number of carbonyl (C=O) groups is 1. The van der Waals surface area contributed by atoms with Gasteiger partial charge in [-0.3, -0.25) is 4.79 Å². The van der Waals surface area contributed by atoms with Crippen LogP contribution in [-0.4, -0.2) is 33.9 Å². The summed E-state index contributed by atoms with van der Waals surface area (Å²) in [5, 5.41) is 15.9. The van der Waals surface area contributed by atoms with Gasteiger partial charge in [0.2, 0.25) is 11.0 Å². The van der Waals surface area contributed by atoms with Gasteiger partial charge in [-0.1, -0.05) is 23.1 Å². The van der Waals surface area contributed by atoms with Crippen LogP contribution in [0.15, 0.2) is 4.34 Å². The van der Waals surface area contributed by atoms with Gasteiger partial charge < -0.3 is 10.6 Å². The second-order valence-electron chi connectivity index (χ2n) is 9.15. The Hall–Kier alpha value is -0.820. The van der Waals surface area contributed by atoms with E-state index in [4.69, 9.17) is 0 Å². The van der Waals surface area contributed by atoms with E-state index < -0.39 is 0 Å². The Morgan fingerprint density at radius 1 is 1.19 bits per heavy atom.